The highest BCUT2D eigenvalue weighted by atomic mass is 32.2. The highest BCUT2D eigenvalue weighted by Crippen LogP contribution is 2.28. The zero-order chi connectivity index (χ0) is 22.4. The predicted molar refractivity (Wildman–Crippen MR) is 125 cm³/mol. The van der Waals surface area contributed by atoms with Crippen LogP contribution in [-0.4, -0.2) is 26.4 Å². The van der Waals surface area contributed by atoms with Crippen LogP contribution in [0, 0.1) is 11.7 Å². The molecule has 1 amide bonds. The number of carbonyl (C=O) groups excluding carboxylic acids is 1. The van der Waals surface area contributed by atoms with E-state index in [0.717, 1.165) is 29.7 Å². The molecule has 0 fully saturated rings. The molecule has 164 valence electrons. The number of aryl methyl sites for hydroxylation is 2. The summed E-state index contributed by atoms with van der Waals surface area (Å²) in [6.45, 7) is 8.97. The van der Waals surface area contributed by atoms with E-state index in [1.165, 1.54) is 17.8 Å². The second-order valence-electron chi connectivity index (χ2n) is 7.79. The summed E-state index contributed by atoms with van der Waals surface area (Å²) in [5.41, 5.74) is 3.58. The maximum atomic E-state index is 14.3. The van der Waals surface area contributed by atoms with Crippen LogP contribution in [0.3, 0.4) is 0 Å². The number of thioether (sulfide) groups is 1. The van der Waals surface area contributed by atoms with Gasteiger partial charge in [-0.3, -0.25) is 4.79 Å². The number of amides is 1. The lowest BCUT2D eigenvalue weighted by molar-refractivity contribution is -0.113. The molecule has 7 heteroatoms. The molecule has 1 aromatic heterocycles. The number of aromatic nitrogens is 3. The van der Waals surface area contributed by atoms with Gasteiger partial charge in [0.25, 0.3) is 0 Å². The minimum absolute atomic E-state index is 0.0906. The fourth-order valence-electron chi connectivity index (χ4n) is 3.48. The van der Waals surface area contributed by atoms with Crippen molar-refractivity contribution >= 4 is 23.4 Å². The number of hydrogen-bond acceptors (Lipinski definition) is 4. The summed E-state index contributed by atoms with van der Waals surface area (Å²) in [7, 11) is 0. The van der Waals surface area contributed by atoms with Crippen LogP contribution >= 0.6 is 11.8 Å². The van der Waals surface area contributed by atoms with Crippen LogP contribution in [0.2, 0.25) is 0 Å². The number of anilines is 1. The van der Waals surface area contributed by atoms with Crippen LogP contribution in [0.15, 0.2) is 47.6 Å². The number of nitrogens with one attached hydrogen (secondary N) is 1. The Morgan fingerprint density at radius 1 is 1.06 bits per heavy atom. The Hall–Kier alpha value is -2.67. The first-order valence-corrected chi connectivity index (χ1v) is 11.6. The Morgan fingerprint density at radius 2 is 1.74 bits per heavy atom. The van der Waals surface area contributed by atoms with Crippen LogP contribution in [0.25, 0.3) is 11.4 Å². The fourth-order valence-corrected chi connectivity index (χ4v) is 4.22. The van der Waals surface area contributed by atoms with Crippen molar-refractivity contribution in [3.63, 3.8) is 0 Å². The van der Waals surface area contributed by atoms with E-state index in [1.54, 1.807) is 18.2 Å². The van der Waals surface area contributed by atoms with E-state index in [-0.39, 0.29) is 17.5 Å². The van der Waals surface area contributed by atoms with Crippen LogP contribution in [0.1, 0.15) is 38.8 Å². The number of benzene rings is 2. The highest BCUT2D eigenvalue weighted by molar-refractivity contribution is 7.99. The second-order valence-corrected chi connectivity index (χ2v) is 8.73. The van der Waals surface area contributed by atoms with E-state index in [1.807, 2.05) is 22.8 Å². The maximum Gasteiger partial charge on any atom is 0.234 e. The van der Waals surface area contributed by atoms with Gasteiger partial charge in [0.2, 0.25) is 5.91 Å². The van der Waals surface area contributed by atoms with Gasteiger partial charge in [0.15, 0.2) is 11.0 Å². The lowest BCUT2D eigenvalue weighted by atomic mass is 10.0. The summed E-state index contributed by atoms with van der Waals surface area (Å²) in [5, 5.41) is 12.2. The minimum atomic E-state index is -0.336. The van der Waals surface area contributed by atoms with Gasteiger partial charge < -0.3 is 9.88 Å². The van der Waals surface area contributed by atoms with Crippen LogP contribution in [0.5, 0.6) is 0 Å². The van der Waals surface area contributed by atoms with E-state index >= 15 is 0 Å². The molecule has 0 spiro atoms. The zero-order valence-corrected chi connectivity index (χ0v) is 19.3. The first-order chi connectivity index (χ1) is 14.9. The molecule has 3 aromatic rings. The number of hydrogen-bond donors (Lipinski definition) is 1. The summed E-state index contributed by atoms with van der Waals surface area (Å²) in [5.74, 6) is 0.580. The summed E-state index contributed by atoms with van der Waals surface area (Å²) >= 11 is 1.32. The highest BCUT2D eigenvalue weighted by Gasteiger charge is 2.19. The number of rotatable bonds is 9. The Balaban J connectivity index is 1.79. The molecule has 0 radical (unpaired) electrons. The number of para-hydroxylation sites is 1. The van der Waals surface area contributed by atoms with Crippen molar-refractivity contribution in [1.29, 1.82) is 0 Å². The molecule has 31 heavy (non-hydrogen) atoms. The quantitative estimate of drug-likeness (QED) is 0.440. The molecular weight excluding hydrogens is 411 g/mol. The van der Waals surface area contributed by atoms with E-state index in [4.69, 9.17) is 0 Å². The first kappa shape index (κ1) is 23.0. The van der Waals surface area contributed by atoms with Gasteiger partial charge >= 0.3 is 0 Å². The van der Waals surface area contributed by atoms with E-state index < -0.39 is 0 Å². The lowest BCUT2D eigenvalue weighted by Gasteiger charge is -2.15. The fraction of sp³-hybridized carbons (Fsp3) is 0.375. The summed E-state index contributed by atoms with van der Waals surface area (Å²) in [6.07, 6.45) is 1.70. The normalized spacial score (nSPS) is 11.2. The summed E-state index contributed by atoms with van der Waals surface area (Å²) in [4.78, 5) is 12.7. The standard InChI is InChI=1S/C24H29FN4OS/c1-5-17-10-9-11-18(6-2)22(17)26-21(30)15-31-24-28-27-23(29(24)14-16(3)4)19-12-7-8-13-20(19)25/h7-13,16H,5-6,14-15H2,1-4H3,(H,26,30). The zero-order valence-electron chi connectivity index (χ0n) is 18.5. The third-order valence-corrected chi connectivity index (χ3v) is 5.94. The largest absolute Gasteiger partial charge is 0.325 e. The monoisotopic (exact) mass is 440 g/mol. The van der Waals surface area contributed by atoms with Crippen molar-refractivity contribution in [2.45, 2.75) is 52.2 Å². The Labute approximate surface area is 187 Å². The van der Waals surface area contributed by atoms with E-state index in [9.17, 15) is 9.18 Å². The average Bonchev–Trinajstić information content (AvgIpc) is 3.14. The molecule has 0 bridgehead atoms. The molecule has 0 saturated carbocycles. The van der Waals surface area contributed by atoms with Crippen LogP contribution in [-0.2, 0) is 24.2 Å². The summed E-state index contributed by atoms with van der Waals surface area (Å²) in [6, 6.07) is 12.7. The number of carbonyl (C=O) groups is 1. The van der Waals surface area contributed by atoms with Crippen molar-refractivity contribution < 1.29 is 9.18 Å². The average molecular weight is 441 g/mol. The molecule has 3 rings (SSSR count). The Bertz CT molecular complexity index is 1030. The third-order valence-electron chi connectivity index (χ3n) is 4.97. The molecule has 5 nitrogen and oxygen atoms in total. The van der Waals surface area contributed by atoms with Gasteiger partial charge in [-0.25, -0.2) is 4.39 Å². The molecule has 0 aliphatic rings. The molecular formula is C24H29FN4OS. The molecule has 2 aromatic carbocycles. The molecule has 0 aliphatic carbocycles. The van der Waals surface area contributed by atoms with Gasteiger partial charge in [-0.2, -0.15) is 0 Å². The van der Waals surface area contributed by atoms with E-state index in [2.05, 4.69) is 43.2 Å². The minimum Gasteiger partial charge on any atom is -0.325 e. The molecule has 0 atom stereocenters. The van der Waals surface area contributed by atoms with Crippen molar-refractivity contribution in [3.8, 4) is 11.4 Å². The van der Waals surface area contributed by atoms with Crippen molar-refractivity contribution in [2.75, 3.05) is 11.1 Å². The van der Waals surface area contributed by atoms with Gasteiger partial charge in [-0.05, 0) is 42.0 Å². The molecule has 0 saturated heterocycles. The first-order valence-electron chi connectivity index (χ1n) is 10.7. The molecule has 0 unspecified atom stereocenters. The van der Waals surface area contributed by atoms with E-state index in [0.29, 0.717) is 29.0 Å². The molecule has 1 heterocycles. The van der Waals surface area contributed by atoms with Gasteiger partial charge in [0.1, 0.15) is 5.82 Å². The number of nitrogens with zero attached hydrogens (tertiary/aromatic N) is 3. The van der Waals surface area contributed by atoms with Crippen molar-refractivity contribution in [2.24, 2.45) is 5.92 Å². The second kappa shape index (κ2) is 10.6. The Kier molecular flexibility index (Phi) is 7.85. The van der Waals surface area contributed by atoms with Gasteiger partial charge in [0, 0.05) is 12.2 Å². The summed E-state index contributed by atoms with van der Waals surface area (Å²) < 4.78 is 16.3. The number of halogens is 1. The van der Waals surface area contributed by atoms with Crippen molar-refractivity contribution in [3.05, 3.63) is 59.4 Å². The molecule has 1 N–H and O–H groups in total. The third kappa shape index (κ3) is 5.53. The van der Waals surface area contributed by atoms with Crippen LogP contribution in [0.4, 0.5) is 10.1 Å². The van der Waals surface area contributed by atoms with Crippen molar-refractivity contribution in [1.82, 2.24) is 14.8 Å². The lowest BCUT2D eigenvalue weighted by Crippen LogP contribution is -2.17. The van der Waals surface area contributed by atoms with Gasteiger partial charge in [-0.15, -0.1) is 10.2 Å². The topological polar surface area (TPSA) is 59.8 Å². The molecule has 0 aliphatic heterocycles. The predicted octanol–water partition coefficient (Wildman–Crippen LogP) is 5.60. The smallest absolute Gasteiger partial charge is 0.234 e. The van der Waals surface area contributed by atoms with Gasteiger partial charge in [0.05, 0.1) is 11.3 Å². The van der Waals surface area contributed by atoms with Gasteiger partial charge in [-0.1, -0.05) is 69.8 Å². The van der Waals surface area contributed by atoms with Crippen LogP contribution < -0.4 is 5.32 Å². The maximum absolute atomic E-state index is 14.3. The Morgan fingerprint density at radius 3 is 2.35 bits per heavy atom. The SMILES string of the molecule is CCc1cccc(CC)c1NC(=O)CSc1nnc(-c2ccccc2F)n1CC(C)C.